The molecule has 5 nitrogen and oxygen atoms in total. The van der Waals surface area contributed by atoms with Gasteiger partial charge in [0.2, 0.25) is 0 Å². The number of likely N-dealkylation sites (tertiary alicyclic amines) is 1. The topological polar surface area (TPSA) is 46.8 Å². The first kappa shape index (κ1) is 16.1. The van der Waals surface area contributed by atoms with E-state index in [0.717, 1.165) is 37.7 Å². The Labute approximate surface area is 138 Å². The molecule has 1 fully saturated rings. The first-order valence-electron chi connectivity index (χ1n) is 8.72. The van der Waals surface area contributed by atoms with Gasteiger partial charge in [-0.1, -0.05) is 13.8 Å². The van der Waals surface area contributed by atoms with Crippen LogP contribution in [-0.2, 0) is 13.1 Å². The molecule has 0 aliphatic carbocycles. The maximum atomic E-state index is 4.71. The molecule has 2 aromatic rings. The van der Waals surface area contributed by atoms with Gasteiger partial charge in [0, 0.05) is 50.1 Å². The molecule has 0 saturated carbocycles. The molecule has 0 aromatic carbocycles. The summed E-state index contributed by atoms with van der Waals surface area (Å²) in [6.45, 7) is 10.6. The molecule has 5 heteroatoms. The van der Waals surface area contributed by atoms with Crippen LogP contribution in [0, 0.1) is 0 Å². The van der Waals surface area contributed by atoms with Gasteiger partial charge >= 0.3 is 0 Å². The number of imidazole rings is 1. The van der Waals surface area contributed by atoms with Gasteiger partial charge in [0.1, 0.15) is 11.6 Å². The molecule has 3 heterocycles. The number of aromatic nitrogens is 4. The lowest BCUT2D eigenvalue weighted by Crippen LogP contribution is -2.35. The summed E-state index contributed by atoms with van der Waals surface area (Å²) in [4.78, 5) is 16.2. The lowest BCUT2D eigenvalue weighted by atomic mass is 9.97. The molecule has 23 heavy (non-hydrogen) atoms. The molecule has 0 unspecified atom stereocenters. The van der Waals surface area contributed by atoms with Gasteiger partial charge in [-0.3, -0.25) is 4.90 Å². The van der Waals surface area contributed by atoms with Crippen LogP contribution in [0.4, 0.5) is 0 Å². The molecule has 0 radical (unpaired) electrons. The summed E-state index contributed by atoms with van der Waals surface area (Å²) in [5.74, 6) is 3.09. The van der Waals surface area contributed by atoms with E-state index in [1.807, 2.05) is 18.5 Å². The van der Waals surface area contributed by atoms with Gasteiger partial charge in [-0.15, -0.1) is 0 Å². The Morgan fingerprint density at radius 1 is 1.26 bits per heavy atom. The van der Waals surface area contributed by atoms with Crippen LogP contribution in [0.2, 0.25) is 0 Å². The number of hydrogen-bond donors (Lipinski definition) is 0. The second-order valence-electron chi connectivity index (χ2n) is 6.71. The van der Waals surface area contributed by atoms with Crippen molar-refractivity contribution in [3.63, 3.8) is 0 Å². The average molecular weight is 313 g/mol. The minimum atomic E-state index is 0.376. The molecular weight excluding hydrogens is 286 g/mol. The van der Waals surface area contributed by atoms with E-state index in [4.69, 9.17) is 4.98 Å². The highest BCUT2D eigenvalue weighted by Crippen LogP contribution is 2.26. The summed E-state index contributed by atoms with van der Waals surface area (Å²) in [5, 5.41) is 0. The Kier molecular flexibility index (Phi) is 5.06. The highest BCUT2D eigenvalue weighted by molar-refractivity contribution is 5.07. The van der Waals surface area contributed by atoms with Crippen LogP contribution in [0.5, 0.6) is 0 Å². The van der Waals surface area contributed by atoms with Crippen molar-refractivity contribution in [2.75, 3.05) is 13.1 Å². The lowest BCUT2D eigenvalue weighted by molar-refractivity contribution is 0.192. The van der Waals surface area contributed by atoms with Crippen molar-refractivity contribution in [3.8, 4) is 0 Å². The molecule has 2 aromatic heterocycles. The van der Waals surface area contributed by atoms with Crippen molar-refractivity contribution in [2.45, 2.75) is 58.5 Å². The zero-order chi connectivity index (χ0) is 16.2. The van der Waals surface area contributed by atoms with Gasteiger partial charge in [0.25, 0.3) is 0 Å². The van der Waals surface area contributed by atoms with Gasteiger partial charge in [-0.25, -0.2) is 15.0 Å². The SMILES string of the molecule is CCn1ccnc1[C@H]1CCCN(Cc2ccnc(C(C)C)n2)C1. The third kappa shape index (κ3) is 3.78. The lowest BCUT2D eigenvalue weighted by Gasteiger charge is -2.32. The summed E-state index contributed by atoms with van der Waals surface area (Å²) in [6.07, 6.45) is 8.37. The normalized spacial score (nSPS) is 19.4. The predicted octanol–water partition coefficient (Wildman–Crippen LogP) is 3.20. The van der Waals surface area contributed by atoms with Crippen LogP contribution in [0.25, 0.3) is 0 Å². The summed E-state index contributed by atoms with van der Waals surface area (Å²) in [7, 11) is 0. The third-order valence-corrected chi connectivity index (χ3v) is 4.59. The van der Waals surface area contributed by atoms with E-state index in [2.05, 4.69) is 46.4 Å². The van der Waals surface area contributed by atoms with Crippen molar-refractivity contribution in [2.24, 2.45) is 0 Å². The molecule has 1 aliphatic heterocycles. The fraction of sp³-hybridized carbons (Fsp3) is 0.611. The van der Waals surface area contributed by atoms with E-state index in [1.54, 1.807) is 0 Å². The van der Waals surface area contributed by atoms with Crippen LogP contribution in [0.3, 0.4) is 0 Å². The molecule has 3 rings (SSSR count). The minimum Gasteiger partial charge on any atom is -0.335 e. The highest BCUT2D eigenvalue weighted by atomic mass is 15.2. The monoisotopic (exact) mass is 313 g/mol. The van der Waals surface area contributed by atoms with Crippen molar-refractivity contribution in [3.05, 3.63) is 42.0 Å². The van der Waals surface area contributed by atoms with Gasteiger partial charge in [0.15, 0.2) is 0 Å². The van der Waals surface area contributed by atoms with E-state index < -0.39 is 0 Å². The molecule has 124 valence electrons. The van der Waals surface area contributed by atoms with Crippen LogP contribution in [0.1, 0.15) is 62.8 Å². The Bertz CT molecular complexity index is 634. The number of piperidine rings is 1. The minimum absolute atomic E-state index is 0.376. The number of rotatable bonds is 5. The van der Waals surface area contributed by atoms with Crippen LogP contribution < -0.4 is 0 Å². The van der Waals surface area contributed by atoms with E-state index in [-0.39, 0.29) is 0 Å². The quantitative estimate of drug-likeness (QED) is 0.850. The van der Waals surface area contributed by atoms with E-state index in [9.17, 15) is 0 Å². The molecule has 0 amide bonds. The van der Waals surface area contributed by atoms with Gasteiger partial charge in [-0.05, 0) is 32.4 Å². The Balaban J connectivity index is 1.68. The maximum Gasteiger partial charge on any atom is 0.131 e. The fourth-order valence-electron chi connectivity index (χ4n) is 3.37. The summed E-state index contributed by atoms with van der Waals surface area (Å²) >= 11 is 0. The largest absolute Gasteiger partial charge is 0.335 e. The average Bonchev–Trinajstić information content (AvgIpc) is 3.04. The first-order chi connectivity index (χ1) is 11.2. The third-order valence-electron chi connectivity index (χ3n) is 4.59. The first-order valence-corrected chi connectivity index (χ1v) is 8.72. The van der Waals surface area contributed by atoms with Crippen LogP contribution in [0.15, 0.2) is 24.7 Å². The van der Waals surface area contributed by atoms with Crippen molar-refractivity contribution >= 4 is 0 Å². The summed E-state index contributed by atoms with van der Waals surface area (Å²) < 4.78 is 2.27. The number of aryl methyl sites for hydroxylation is 1. The predicted molar refractivity (Wildman–Crippen MR) is 91.3 cm³/mol. The number of nitrogens with zero attached hydrogens (tertiary/aromatic N) is 5. The standard InChI is InChI=1S/C18H27N5/c1-4-23-11-9-20-18(23)15-6-5-10-22(12-15)13-16-7-8-19-17(21-16)14(2)3/h7-9,11,14-15H,4-6,10,12-13H2,1-3H3/t15-/m0/s1. The second-order valence-corrected chi connectivity index (χ2v) is 6.71. The smallest absolute Gasteiger partial charge is 0.131 e. The Morgan fingerprint density at radius 2 is 2.13 bits per heavy atom. The molecule has 1 saturated heterocycles. The fourth-order valence-corrected chi connectivity index (χ4v) is 3.37. The van der Waals surface area contributed by atoms with Gasteiger partial charge in [-0.2, -0.15) is 0 Å². The zero-order valence-electron chi connectivity index (χ0n) is 14.4. The maximum absolute atomic E-state index is 4.71. The summed E-state index contributed by atoms with van der Waals surface area (Å²) in [6, 6.07) is 2.04. The van der Waals surface area contributed by atoms with Crippen LogP contribution >= 0.6 is 0 Å². The summed E-state index contributed by atoms with van der Waals surface area (Å²) in [5.41, 5.74) is 1.13. The molecule has 1 atom stereocenters. The molecule has 0 N–H and O–H groups in total. The zero-order valence-corrected chi connectivity index (χ0v) is 14.4. The van der Waals surface area contributed by atoms with Crippen molar-refractivity contribution in [1.29, 1.82) is 0 Å². The van der Waals surface area contributed by atoms with Crippen LogP contribution in [-0.4, -0.2) is 37.5 Å². The van der Waals surface area contributed by atoms with Crippen molar-refractivity contribution in [1.82, 2.24) is 24.4 Å². The Morgan fingerprint density at radius 3 is 2.91 bits per heavy atom. The van der Waals surface area contributed by atoms with Crippen molar-refractivity contribution < 1.29 is 0 Å². The molecular formula is C18H27N5. The van der Waals surface area contributed by atoms with Gasteiger partial charge < -0.3 is 4.57 Å². The molecule has 1 aliphatic rings. The second kappa shape index (κ2) is 7.21. The van der Waals surface area contributed by atoms with E-state index in [0.29, 0.717) is 11.8 Å². The molecule has 0 bridgehead atoms. The van der Waals surface area contributed by atoms with E-state index in [1.165, 1.54) is 18.7 Å². The van der Waals surface area contributed by atoms with E-state index >= 15 is 0 Å². The highest BCUT2D eigenvalue weighted by Gasteiger charge is 2.24. The Hall–Kier alpha value is -1.75. The van der Waals surface area contributed by atoms with Gasteiger partial charge in [0.05, 0.1) is 5.69 Å². The number of hydrogen-bond acceptors (Lipinski definition) is 4. The molecule has 0 spiro atoms.